The fourth-order valence-electron chi connectivity index (χ4n) is 8.44. The second kappa shape index (κ2) is 10.8. The summed E-state index contributed by atoms with van der Waals surface area (Å²) >= 11 is 0. The van der Waals surface area contributed by atoms with E-state index in [-0.39, 0.29) is 12.0 Å². The molecule has 2 unspecified atom stereocenters. The highest BCUT2D eigenvalue weighted by Gasteiger charge is 2.34. The van der Waals surface area contributed by atoms with E-state index in [2.05, 4.69) is 121 Å². The van der Waals surface area contributed by atoms with Crippen molar-refractivity contribution >= 4 is 71.3 Å². The van der Waals surface area contributed by atoms with Gasteiger partial charge < -0.3 is 13.6 Å². The van der Waals surface area contributed by atoms with E-state index in [1.54, 1.807) is 0 Å². The first-order valence-corrected chi connectivity index (χ1v) is 17.9. The van der Waals surface area contributed by atoms with Crippen LogP contribution in [0.1, 0.15) is 17.2 Å². The molecule has 12 rings (SSSR count). The Morgan fingerprint density at radius 3 is 1.98 bits per heavy atom. The number of furan rings is 2. The molecule has 5 heterocycles. The Labute approximate surface area is 303 Å². The van der Waals surface area contributed by atoms with Crippen LogP contribution >= 0.6 is 0 Å². The zero-order chi connectivity index (χ0) is 34.6. The second-order valence-corrected chi connectivity index (χ2v) is 14.1. The van der Waals surface area contributed by atoms with Gasteiger partial charge in [-0.3, -0.25) is 4.98 Å². The molecule has 0 saturated heterocycles. The molecular weight excluding hydrogens is 653 g/mol. The van der Waals surface area contributed by atoms with Crippen LogP contribution < -0.4 is 4.74 Å². The maximum absolute atomic E-state index is 6.33. The molecule has 0 bridgehead atoms. The van der Waals surface area contributed by atoms with E-state index in [0.29, 0.717) is 0 Å². The number of fused-ring (bicyclic) bond motifs is 12. The van der Waals surface area contributed by atoms with Crippen molar-refractivity contribution in [2.75, 3.05) is 0 Å². The molecule has 0 radical (unpaired) electrons. The van der Waals surface area contributed by atoms with Gasteiger partial charge in [0.25, 0.3) is 0 Å². The summed E-state index contributed by atoms with van der Waals surface area (Å²) in [4.78, 5) is 10.6. The summed E-state index contributed by atoms with van der Waals surface area (Å²) in [6.07, 6.45) is 8.61. The number of hydrogen-bond acceptors (Lipinski definition) is 5. The largest absolute Gasteiger partial charge is 0.485 e. The minimum Gasteiger partial charge on any atom is -0.485 e. The average molecular weight is 681 g/mol. The van der Waals surface area contributed by atoms with Crippen molar-refractivity contribution in [1.29, 1.82) is 0 Å². The van der Waals surface area contributed by atoms with E-state index in [1.807, 2.05) is 36.5 Å². The van der Waals surface area contributed by atoms with Crippen molar-refractivity contribution in [3.63, 3.8) is 0 Å². The topological polar surface area (TPSA) is 61.3 Å². The molecule has 0 N–H and O–H groups in total. The summed E-state index contributed by atoms with van der Waals surface area (Å²) in [6, 6.07) is 46.4. The van der Waals surface area contributed by atoms with Gasteiger partial charge in [0.05, 0.1) is 16.7 Å². The van der Waals surface area contributed by atoms with Crippen LogP contribution in [0.15, 0.2) is 167 Å². The molecule has 10 aromatic rings. The van der Waals surface area contributed by atoms with Gasteiger partial charge in [-0.05, 0) is 77.4 Å². The molecule has 2 atom stereocenters. The van der Waals surface area contributed by atoms with Gasteiger partial charge in [0.2, 0.25) is 0 Å². The molecule has 5 nitrogen and oxygen atoms in total. The van der Waals surface area contributed by atoms with E-state index in [1.165, 1.54) is 5.56 Å². The molecule has 4 aromatic heterocycles. The Morgan fingerprint density at radius 2 is 1.19 bits per heavy atom. The van der Waals surface area contributed by atoms with Gasteiger partial charge >= 0.3 is 0 Å². The van der Waals surface area contributed by atoms with E-state index in [0.717, 1.165) is 105 Å². The number of hydrogen-bond donors (Lipinski definition) is 0. The fourth-order valence-corrected chi connectivity index (χ4v) is 8.44. The van der Waals surface area contributed by atoms with Gasteiger partial charge in [-0.2, -0.15) is 0 Å². The minimum atomic E-state index is -0.0334. The first-order valence-electron chi connectivity index (χ1n) is 17.9. The Balaban J connectivity index is 1.05. The minimum absolute atomic E-state index is 0.0334. The lowest BCUT2D eigenvalue weighted by molar-refractivity contribution is 0.269. The fraction of sp³-hybridized carbons (Fsp3) is 0.0417. The van der Waals surface area contributed by atoms with Crippen molar-refractivity contribution in [1.82, 2.24) is 9.97 Å². The number of rotatable bonds is 3. The molecule has 5 heteroatoms. The maximum atomic E-state index is 6.33. The number of para-hydroxylation sites is 3. The van der Waals surface area contributed by atoms with Crippen molar-refractivity contribution in [3.05, 3.63) is 169 Å². The Bertz CT molecular complexity index is 3240. The molecule has 1 aliphatic carbocycles. The summed E-state index contributed by atoms with van der Waals surface area (Å²) in [5, 5.41) is 6.48. The molecule has 248 valence electrons. The molecule has 0 spiro atoms. The Hall–Kier alpha value is -6.98. The number of nitrogens with zero attached hydrogens (tertiary/aromatic N) is 2. The Morgan fingerprint density at radius 1 is 0.528 bits per heavy atom. The lowest BCUT2D eigenvalue weighted by Gasteiger charge is -2.20. The van der Waals surface area contributed by atoms with Crippen molar-refractivity contribution in [2.24, 2.45) is 0 Å². The molecule has 0 fully saturated rings. The third kappa shape index (κ3) is 4.31. The Kier molecular flexibility index (Phi) is 5.83. The molecule has 53 heavy (non-hydrogen) atoms. The summed E-state index contributed by atoms with van der Waals surface area (Å²) in [6.45, 7) is 0. The number of allylic oxidation sites excluding steroid dienone is 2. The van der Waals surface area contributed by atoms with Crippen LogP contribution in [0.5, 0.6) is 5.75 Å². The third-order valence-electron chi connectivity index (χ3n) is 11.0. The summed E-state index contributed by atoms with van der Waals surface area (Å²) in [5.74, 6) is 1.05. The van der Waals surface area contributed by atoms with Gasteiger partial charge in [-0.1, -0.05) is 91.0 Å². The van der Waals surface area contributed by atoms with Gasteiger partial charge in [-0.25, -0.2) is 4.98 Å². The van der Waals surface area contributed by atoms with Crippen LogP contribution in [-0.2, 0) is 0 Å². The number of aromatic nitrogens is 2. The van der Waals surface area contributed by atoms with Crippen molar-refractivity contribution in [2.45, 2.75) is 12.0 Å². The van der Waals surface area contributed by atoms with E-state index < -0.39 is 0 Å². The summed E-state index contributed by atoms with van der Waals surface area (Å²) in [5.41, 5.74) is 12.7. The first kappa shape index (κ1) is 28.7. The molecule has 6 aromatic carbocycles. The monoisotopic (exact) mass is 680 g/mol. The lowest BCUT2D eigenvalue weighted by Crippen LogP contribution is -2.17. The van der Waals surface area contributed by atoms with Gasteiger partial charge in [-0.15, -0.1) is 0 Å². The molecule has 1 aliphatic heterocycles. The van der Waals surface area contributed by atoms with E-state index in [4.69, 9.17) is 23.5 Å². The third-order valence-corrected chi connectivity index (χ3v) is 11.0. The lowest BCUT2D eigenvalue weighted by atomic mass is 9.86. The SMILES string of the molecule is C1=CC2Oc3ccccc3C2C=C1c1nc2c(ccc3cc(-c4ccc5oc6ccccc6c5c4)cnc32)cc1-c1ccc2oc3ccccc3c2c1. The quantitative estimate of drug-likeness (QED) is 0.174. The highest BCUT2D eigenvalue weighted by Crippen LogP contribution is 2.45. The zero-order valence-corrected chi connectivity index (χ0v) is 28.3. The van der Waals surface area contributed by atoms with Crippen molar-refractivity contribution in [3.8, 4) is 28.0 Å². The first-order chi connectivity index (χ1) is 26.2. The normalized spacial score (nSPS) is 16.5. The van der Waals surface area contributed by atoms with Gasteiger partial charge in [0.1, 0.15) is 34.2 Å². The summed E-state index contributed by atoms with van der Waals surface area (Å²) < 4.78 is 18.6. The number of pyridine rings is 2. The molecule has 0 amide bonds. The number of benzene rings is 6. The smallest absolute Gasteiger partial charge is 0.135 e. The van der Waals surface area contributed by atoms with E-state index in [9.17, 15) is 0 Å². The highest BCUT2D eigenvalue weighted by atomic mass is 16.5. The van der Waals surface area contributed by atoms with Crippen LogP contribution in [0.4, 0.5) is 0 Å². The van der Waals surface area contributed by atoms with Crippen LogP contribution in [0.2, 0.25) is 0 Å². The van der Waals surface area contributed by atoms with Crippen molar-refractivity contribution < 1.29 is 13.6 Å². The zero-order valence-electron chi connectivity index (χ0n) is 28.3. The predicted molar refractivity (Wildman–Crippen MR) is 213 cm³/mol. The predicted octanol–water partition coefficient (Wildman–Crippen LogP) is 12.4. The molecular formula is C48H28N2O3. The molecule has 2 aliphatic rings. The molecule has 0 saturated carbocycles. The second-order valence-electron chi connectivity index (χ2n) is 14.1. The standard InChI is InChI=1S/C48H28N2O3/c1-4-10-40-33(7-1)37-22-27(15-18-43(37)51-40)32-21-29-13-14-31-24-36(28-16-19-44-38(23-28)34-8-2-5-11-41(34)52-44)46(50-48(31)47(29)49-26-32)30-17-20-45-39(25-30)35-9-3-6-12-42(35)53-45/h1-26,39,45H. The number of ether oxygens (including phenoxy) is 1. The van der Waals surface area contributed by atoms with Crippen LogP contribution in [0, 0.1) is 0 Å². The summed E-state index contributed by atoms with van der Waals surface area (Å²) in [7, 11) is 0. The van der Waals surface area contributed by atoms with Crippen LogP contribution in [0.25, 0.3) is 93.5 Å². The van der Waals surface area contributed by atoms with Crippen LogP contribution in [-0.4, -0.2) is 16.1 Å². The van der Waals surface area contributed by atoms with Crippen LogP contribution in [0.3, 0.4) is 0 Å². The average Bonchev–Trinajstić information content (AvgIpc) is 3.90. The highest BCUT2D eigenvalue weighted by molar-refractivity contribution is 6.10. The van der Waals surface area contributed by atoms with Gasteiger partial charge in [0, 0.05) is 61.1 Å². The van der Waals surface area contributed by atoms with Gasteiger partial charge in [0.15, 0.2) is 0 Å². The van der Waals surface area contributed by atoms with E-state index >= 15 is 0 Å². The maximum Gasteiger partial charge on any atom is 0.135 e.